The molecule has 2 rings (SSSR count). The zero-order valence-electron chi connectivity index (χ0n) is 12.9. The molecule has 1 saturated heterocycles. The number of rotatable bonds is 2. The Bertz CT molecular complexity index is 540. The van der Waals surface area contributed by atoms with E-state index >= 15 is 0 Å². The molecule has 1 aliphatic rings. The summed E-state index contributed by atoms with van der Waals surface area (Å²) in [6.45, 7) is 6.71. The molecule has 5 nitrogen and oxygen atoms in total. The van der Waals surface area contributed by atoms with Crippen molar-refractivity contribution in [3.63, 3.8) is 0 Å². The van der Waals surface area contributed by atoms with Gasteiger partial charge in [-0.05, 0) is 49.4 Å². The highest BCUT2D eigenvalue weighted by Gasteiger charge is 2.27. The van der Waals surface area contributed by atoms with Crippen molar-refractivity contribution in [1.82, 2.24) is 9.88 Å². The van der Waals surface area contributed by atoms with Crippen LogP contribution in [-0.4, -0.2) is 40.8 Å². The maximum absolute atomic E-state index is 13.2. The summed E-state index contributed by atoms with van der Waals surface area (Å²) in [7, 11) is 0. The summed E-state index contributed by atoms with van der Waals surface area (Å²) >= 11 is 1.83. The van der Waals surface area contributed by atoms with Crippen LogP contribution in [0, 0.1) is 9.52 Å². The fourth-order valence-electron chi connectivity index (χ4n) is 2.12. The van der Waals surface area contributed by atoms with E-state index in [1.807, 2.05) is 43.4 Å². The number of carbonyl (C=O) groups is 1. The fourth-order valence-corrected chi connectivity index (χ4v) is 2.54. The number of piperidine rings is 1. The molecule has 0 radical (unpaired) electrons. The van der Waals surface area contributed by atoms with E-state index in [2.05, 4.69) is 4.98 Å². The second-order valence-electron chi connectivity index (χ2n) is 6.21. The molecule has 0 N–H and O–H groups in total. The number of ether oxygens (including phenoxy) is 2. The molecule has 1 amide bonds. The molecule has 7 heteroatoms. The Morgan fingerprint density at radius 1 is 1.36 bits per heavy atom. The molecule has 0 atom stereocenters. The second kappa shape index (κ2) is 6.97. The summed E-state index contributed by atoms with van der Waals surface area (Å²) < 4.78 is 24.6. The summed E-state index contributed by atoms with van der Waals surface area (Å²) in [6, 6.07) is 2.87. The van der Waals surface area contributed by atoms with E-state index in [0.29, 0.717) is 35.5 Å². The van der Waals surface area contributed by atoms with Gasteiger partial charge >= 0.3 is 6.09 Å². The molecule has 1 aliphatic heterocycles. The summed E-state index contributed by atoms with van der Waals surface area (Å²) in [4.78, 5) is 17.7. The van der Waals surface area contributed by atoms with Gasteiger partial charge in [-0.1, -0.05) is 0 Å². The molecule has 1 aromatic heterocycles. The number of carbonyl (C=O) groups excluding carboxylic acids is 1. The van der Waals surface area contributed by atoms with Crippen LogP contribution in [0.2, 0.25) is 0 Å². The molecule has 2 heterocycles. The van der Waals surface area contributed by atoms with Gasteiger partial charge in [-0.2, -0.15) is 0 Å². The standard InChI is InChI=1S/C15H20FIN2O3/c1-15(2,3)22-14(20)19-8-6-10(7-9-19)21-12-5-4-11(16)13(17)18-12/h4-5,10H,6-9H2,1-3H3. The Hall–Kier alpha value is -1.12. The quantitative estimate of drug-likeness (QED) is 0.540. The second-order valence-corrected chi connectivity index (χ2v) is 7.23. The molecule has 0 bridgehead atoms. The lowest BCUT2D eigenvalue weighted by Gasteiger charge is -2.33. The first-order valence-electron chi connectivity index (χ1n) is 7.21. The van der Waals surface area contributed by atoms with Gasteiger partial charge in [-0.15, -0.1) is 0 Å². The van der Waals surface area contributed by atoms with Crippen molar-refractivity contribution in [1.29, 1.82) is 0 Å². The molecule has 0 saturated carbocycles. The van der Waals surface area contributed by atoms with Crippen molar-refractivity contribution < 1.29 is 18.7 Å². The van der Waals surface area contributed by atoms with E-state index in [0.717, 1.165) is 0 Å². The smallest absolute Gasteiger partial charge is 0.410 e. The van der Waals surface area contributed by atoms with Gasteiger partial charge in [0.1, 0.15) is 15.4 Å². The third-order valence-corrected chi connectivity index (χ3v) is 3.92. The van der Waals surface area contributed by atoms with Crippen molar-refractivity contribution >= 4 is 28.7 Å². The van der Waals surface area contributed by atoms with Crippen LogP contribution in [-0.2, 0) is 4.74 Å². The Morgan fingerprint density at radius 2 is 2.00 bits per heavy atom. The summed E-state index contributed by atoms with van der Waals surface area (Å²) in [6.07, 6.45) is 1.09. The first-order valence-corrected chi connectivity index (χ1v) is 8.29. The topological polar surface area (TPSA) is 51.7 Å². The van der Waals surface area contributed by atoms with Crippen LogP contribution in [0.1, 0.15) is 33.6 Å². The predicted octanol–water partition coefficient (Wildman–Crippen LogP) is 3.60. The maximum atomic E-state index is 13.2. The van der Waals surface area contributed by atoms with Crippen LogP contribution in [0.4, 0.5) is 9.18 Å². The van der Waals surface area contributed by atoms with Crippen LogP contribution in [0.25, 0.3) is 0 Å². The Kier molecular flexibility index (Phi) is 5.46. The van der Waals surface area contributed by atoms with Crippen LogP contribution in [0.5, 0.6) is 5.88 Å². The highest BCUT2D eigenvalue weighted by Crippen LogP contribution is 2.20. The zero-order valence-corrected chi connectivity index (χ0v) is 15.1. The Balaban J connectivity index is 1.84. The van der Waals surface area contributed by atoms with E-state index in [1.165, 1.54) is 12.1 Å². The van der Waals surface area contributed by atoms with Crippen molar-refractivity contribution in [3.05, 3.63) is 21.7 Å². The zero-order chi connectivity index (χ0) is 16.3. The van der Waals surface area contributed by atoms with Crippen molar-refractivity contribution in [2.75, 3.05) is 13.1 Å². The summed E-state index contributed by atoms with van der Waals surface area (Å²) in [5.41, 5.74) is -0.487. The number of pyridine rings is 1. The molecular weight excluding hydrogens is 402 g/mol. The molecule has 1 fully saturated rings. The van der Waals surface area contributed by atoms with Gasteiger partial charge in [0.05, 0.1) is 0 Å². The van der Waals surface area contributed by atoms with E-state index in [4.69, 9.17) is 9.47 Å². The van der Waals surface area contributed by atoms with Gasteiger partial charge in [0, 0.05) is 32.0 Å². The van der Waals surface area contributed by atoms with Crippen LogP contribution in [0.3, 0.4) is 0 Å². The summed E-state index contributed by atoms with van der Waals surface area (Å²) in [5.74, 6) is 0.0641. The number of aromatic nitrogens is 1. The van der Waals surface area contributed by atoms with Crippen molar-refractivity contribution in [3.8, 4) is 5.88 Å². The van der Waals surface area contributed by atoms with Gasteiger partial charge in [-0.3, -0.25) is 0 Å². The largest absolute Gasteiger partial charge is 0.474 e. The van der Waals surface area contributed by atoms with Crippen LogP contribution >= 0.6 is 22.6 Å². The van der Waals surface area contributed by atoms with Gasteiger partial charge in [0.2, 0.25) is 5.88 Å². The van der Waals surface area contributed by atoms with E-state index in [9.17, 15) is 9.18 Å². The van der Waals surface area contributed by atoms with Gasteiger partial charge in [-0.25, -0.2) is 14.2 Å². The lowest BCUT2D eigenvalue weighted by atomic mass is 10.1. The minimum Gasteiger partial charge on any atom is -0.474 e. The molecule has 0 aliphatic carbocycles. The van der Waals surface area contributed by atoms with Gasteiger partial charge < -0.3 is 14.4 Å². The Labute approximate surface area is 143 Å². The number of nitrogens with zero attached hydrogens (tertiary/aromatic N) is 2. The molecule has 122 valence electrons. The first-order chi connectivity index (χ1) is 10.2. The third kappa shape index (κ3) is 4.96. The van der Waals surface area contributed by atoms with Gasteiger partial charge in [0.15, 0.2) is 5.82 Å². The predicted molar refractivity (Wildman–Crippen MR) is 88.4 cm³/mol. The number of hydrogen-bond donors (Lipinski definition) is 0. The summed E-state index contributed by atoms with van der Waals surface area (Å²) in [5, 5.41) is 0. The number of amides is 1. The minimum atomic E-state index is -0.487. The van der Waals surface area contributed by atoms with Crippen LogP contribution < -0.4 is 4.74 Å². The molecule has 22 heavy (non-hydrogen) atoms. The number of hydrogen-bond acceptors (Lipinski definition) is 4. The lowest BCUT2D eigenvalue weighted by Crippen LogP contribution is -2.44. The average molecular weight is 422 g/mol. The maximum Gasteiger partial charge on any atom is 0.410 e. The normalized spacial score (nSPS) is 16.5. The monoisotopic (exact) mass is 422 g/mol. The average Bonchev–Trinajstić information content (AvgIpc) is 2.42. The fraction of sp³-hybridized carbons (Fsp3) is 0.600. The first kappa shape index (κ1) is 17.2. The highest BCUT2D eigenvalue weighted by molar-refractivity contribution is 14.1. The third-order valence-electron chi connectivity index (χ3n) is 3.16. The van der Waals surface area contributed by atoms with E-state index in [-0.39, 0.29) is 18.0 Å². The molecule has 0 unspecified atom stereocenters. The van der Waals surface area contributed by atoms with E-state index < -0.39 is 5.60 Å². The Morgan fingerprint density at radius 3 is 2.55 bits per heavy atom. The molecule has 0 aromatic carbocycles. The van der Waals surface area contributed by atoms with Gasteiger partial charge in [0.25, 0.3) is 0 Å². The lowest BCUT2D eigenvalue weighted by molar-refractivity contribution is 0.0123. The highest BCUT2D eigenvalue weighted by atomic mass is 127. The molecule has 0 spiro atoms. The number of halogens is 2. The van der Waals surface area contributed by atoms with Crippen molar-refractivity contribution in [2.45, 2.75) is 45.3 Å². The van der Waals surface area contributed by atoms with Crippen LogP contribution in [0.15, 0.2) is 12.1 Å². The minimum absolute atomic E-state index is 0.0209. The molecule has 1 aromatic rings. The number of likely N-dealkylation sites (tertiary alicyclic amines) is 1. The molecular formula is C15H20FIN2O3. The van der Waals surface area contributed by atoms with Crippen molar-refractivity contribution in [2.24, 2.45) is 0 Å². The SMILES string of the molecule is CC(C)(C)OC(=O)N1CCC(Oc2ccc(F)c(I)n2)CC1. The van der Waals surface area contributed by atoms with E-state index in [1.54, 1.807) is 4.90 Å².